The lowest BCUT2D eigenvalue weighted by Gasteiger charge is -2.16. The van der Waals surface area contributed by atoms with E-state index in [2.05, 4.69) is 73.0 Å². The first-order valence-electron chi connectivity index (χ1n) is 11.9. The van der Waals surface area contributed by atoms with Crippen LogP contribution in [0, 0.1) is 5.92 Å². The standard InChI is InChI=1S/C28H43NO3.CH4/c1-4-5-6-7-8-9-10-11-12-13-14-15-16-17-18-19-20-21-22-23-27(30)29-26(28(31)32)24-25(2)3;/h5-6,8-9,11-12,14-15,17-18,20-21,25-26H,4,7,10,13,16,19,22-24H2,1-3H3,(H,29,30)(H,31,32);1H4/b6-5-,9-8-,12-11-,15-14-,18-17-,21-20-;. The van der Waals surface area contributed by atoms with E-state index in [0.29, 0.717) is 19.3 Å². The van der Waals surface area contributed by atoms with Crippen molar-refractivity contribution < 1.29 is 14.7 Å². The molecule has 0 aromatic carbocycles. The number of rotatable bonds is 18. The summed E-state index contributed by atoms with van der Waals surface area (Å²) in [5.74, 6) is -0.960. The molecule has 0 aliphatic rings. The van der Waals surface area contributed by atoms with E-state index in [-0.39, 0.29) is 19.3 Å². The fraction of sp³-hybridized carbons (Fsp3) is 0.517. The van der Waals surface area contributed by atoms with E-state index in [4.69, 9.17) is 5.11 Å². The Bertz CT molecular complexity index is 666. The molecule has 0 aliphatic carbocycles. The van der Waals surface area contributed by atoms with Gasteiger partial charge in [0.1, 0.15) is 6.04 Å². The molecule has 0 saturated heterocycles. The van der Waals surface area contributed by atoms with Crippen LogP contribution in [0.5, 0.6) is 0 Å². The molecule has 0 radical (unpaired) electrons. The molecular weight excluding hydrogens is 410 g/mol. The second kappa shape index (κ2) is 24.0. The van der Waals surface area contributed by atoms with Crippen LogP contribution in [-0.4, -0.2) is 23.0 Å². The van der Waals surface area contributed by atoms with Crippen molar-refractivity contribution in [3.8, 4) is 0 Å². The molecular formula is C29H47NO3. The second-order valence-corrected chi connectivity index (χ2v) is 8.04. The van der Waals surface area contributed by atoms with Crippen molar-refractivity contribution in [3.05, 3.63) is 72.9 Å². The zero-order chi connectivity index (χ0) is 23.9. The second-order valence-electron chi connectivity index (χ2n) is 8.04. The number of carbonyl (C=O) groups is 2. The van der Waals surface area contributed by atoms with Gasteiger partial charge in [0.25, 0.3) is 0 Å². The Morgan fingerprint density at radius 1 is 0.727 bits per heavy atom. The normalized spacial score (nSPS) is 13.3. The number of allylic oxidation sites excluding steroid dienone is 12. The maximum atomic E-state index is 11.9. The van der Waals surface area contributed by atoms with Gasteiger partial charge in [-0.05, 0) is 57.3 Å². The van der Waals surface area contributed by atoms with Crippen LogP contribution < -0.4 is 5.32 Å². The van der Waals surface area contributed by atoms with Crippen LogP contribution in [0.2, 0.25) is 0 Å². The average Bonchev–Trinajstić information content (AvgIpc) is 2.74. The third kappa shape index (κ3) is 23.9. The summed E-state index contributed by atoms with van der Waals surface area (Å²) < 4.78 is 0. The molecule has 33 heavy (non-hydrogen) atoms. The molecule has 4 heteroatoms. The van der Waals surface area contributed by atoms with Gasteiger partial charge in [-0.1, -0.05) is 101 Å². The predicted octanol–water partition coefficient (Wildman–Crippen LogP) is 7.72. The zero-order valence-electron chi connectivity index (χ0n) is 20.2. The van der Waals surface area contributed by atoms with Crippen molar-refractivity contribution in [2.45, 2.75) is 92.0 Å². The fourth-order valence-corrected chi connectivity index (χ4v) is 2.81. The zero-order valence-corrected chi connectivity index (χ0v) is 20.2. The Morgan fingerprint density at radius 3 is 1.48 bits per heavy atom. The van der Waals surface area contributed by atoms with Crippen molar-refractivity contribution in [3.63, 3.8) is 0 Å². The summed E-state index contributed by atoms with van der Waals surface area (Å²) in [4.78, 5) is 23.1. The van der Waals surface area contributed by atoms with Crippen molar-refractivity contribution in [2.24, 2.45) is 5.92 Å². The highest BCUT2D eigenvalue weighted by atomic mass is 16.4. The van der Waals surface area contributed by atoms with Gasteiger partial charge < -0.3 is 10.4 Å². The highest BCUT2D eigenvalue weighted by Crippen LogP contribution is 2.06. The minimum Gasteiger partial charge on any atom is -0.480 e. The average molecular weight is 458 g/mol. The Balaban J connectivity index is 0. The summed E-state index contributed by atoms with van der Waals surface area (Å²) >= 11 is 0. The minimum atomic E-state index is -0.971. The van der Waals surface area contributed by atoms with Crippen LogP contribution in [0.25, 0.3) is 0 Å². The number of aliphatic carboxylic acids is 1. The SMILES string of the molecule is C.CC/C=C\C/C=C\C/C=C\C/C=C\C/C=C\C/C=C\CCC(=O)NC(CC(C)C)C(=O)O. The first-order valence-corrected chi connectivity index (χ1v) is 11.9. The van der Waals surface area contributed by atoms with Crippen LogP contribution in [0.3, 0.4) is 0 Å². The summed E-state index contributed by atoms with van der Waals surface area (Å²) in [5, 5.41) is 11.8. The molecule has 186 valence electrons. The third-order valence-electron chi connectivity index (χ3n) is 4.48. The molecule has 0 saturated carbocycles. The van der Waals surface area contributed by atoms with Crippen molar-refractivity contribution in [1.29, 1.82) is 0 Å². The number of nitrogens with one attached hydrogen (secondary N) is 1. The van der Waals surface area contributed by atoms with Gasteiger partial charge >= 0.3 is 5.97 Å². The number of carbonyl (C=O) groups excluding carboxylic acids is 1. The maximum absolute atomic E-state index is 11.9. The van der Waals surface area contributed by atoms with Crippen LogP contribution in [-0.2, 0) is 9.59 Å². The molecule has 2 N–H and O–H groups in total. The monoisotopic (exact) mass is 457 g/mol. The van der Waals surface area contributed by atoms with E-state index in [9.17, 15) is 9.59 Å². The molecule has 1 unspecified atom stereocenters. The lowest BCUT2D eigenvalue weighted by atomic mass is 10.0. The van der Waals surface area contributed by atoms with Crippen LogP contribution >= 0.6 is 0 Å². The van der Waals surface area contributed by atoms with Gasteiger partial charge in [-0.25, -0.2) is 4.79 Å². The van der Waals surface area contributed by atoms with Crippen molar-refractivity contribution in [2.75, 3.05) is 0 Å². The number of carboxylic acid groups (broad SMARTS) is 1. The lowest BCUT2D eigenvalue weighted by Crippen LogP contribution is -2.41. The first-order chi connectivity index (χ1) is 15.5. The molecule has 0 heterocycles. The van der Waals surface area contributed by atoms with Gasteiger partial charge in [0.05, 0.1) is 0 Å². The van der Waals surface area contributed by atoms with Gasteiger partial charge in [0.15, 0.2) is 0 Å². The smallest absolute Gasteiger partial charge is 0.326 e. The van der Waals surface area contributed by atoms with E-state index in [1.807, 2.05) is 26.0 Å². The Morgan fingerprint density at radius 2 is 1.12 bits per heavy atom. The Kier molecular flexibility index (Phi) is 23.7. The van der Waals surface area contributed by atoms with Crippen molar-refractivity contribution in [1.82, 2.24) is 5.32 Å². The van der Waals surface area contributed by atoms with Gasteiger partial charge in [0, 0.05) is 6.42 Å². The van der Waals surface area contributed by atoms with Crippen molar-refractivity contribution >= 4 is 11.9 Å². The molecule has 0 fully saturated rings. The summed E-state index contributed by atoms with van der Waals surface area (Å²) in [6, 6.07) is -0.798. The highest BCUT2D eigenvalue weighted by molar-refractivity contribution is 5.83. The largest absolute Gasteiger partial charge is 0.480 e. The first kappa shape index (κ1) is 32.6. The third-order valence-corrected chi connectivity index (χ3v) is 4.48. The van der Waals surface area contributed by atoms with E-state index in [0.717, 1.165) is 38.5 Å². The number of carboxylic acids is 1. The molecule has 0 rings (SSSR count). The molecule has 0 aromatic rings. The highest BCUT2D eigenvalue weighted by Gasteiger charge is 2.20. The molecule has 1 amide bonds. The Hall–Kier alpha value is -2.62. The van der Waals surface area contributed by atoms with Gasteiger partial charge in [-0.15, -0.1) is 0 Å². The van der Waals surface area contributed by atoms with E-state index >= 15 is 0 Å². The molecule has 0 aliphatic heterocycles. The summed E-state index contributed by atoms with van der Waals surface area (Å²) in [6.07, 6.45) is 32.9. The van der Waals surface area contributed by atoms with Gasteiger partial charge in [-0.3, -0.25) is 4.79 Å². The van der Waals surface area contributed by atoms with Gasteiger partial charge in [0.2, 0.25) is 5.91 Å². The summed E-state index contributed by atoms with van der Waals surface area (Å²) in [6.45, 7) is 6.03. The molecule has 0 bridgehead atoms. The molecule has 4 nitrogen and oxygen atoms in total. The summed E-state index contributed by atoms with van der Waals surface area (Å²) in [7, 11) is 0. The fourth-order valence-electron chi connectivity index (χ4n) is 2.81. The van der Waals surface area contributed by atoms with E-state index in [1.54, 1.807) is 0 Å². The predicted molar refractivity (Wildman–Crippen MR) is 143 cm³/mol. The molecule has 0 aromatic heterocycles. The quantitative estimate of drug-likeness (QED) is 0.207. The number of hydrogen-bond donors (Lipinski definition) is 2. The van der Waals surface area contributed by atoms with E-state index < -0.39 is 12.0 Å². The number of amides is 1. The van der Waals surface area contributed by atoms with Crippen LogP contribution in [0.4, 0.5) is 0 Å². The Labute approximate surface area is 202 Å². The molecule has 1 atom stereocenters. The van der Waals surface area contributed by atoms with E-state index in [1.165, 1.54) is 0 Å². The minimum absolute atomic E-state index is 0. The van der Waals surface area contributed by atoms with Crippen LogP contribution in [0.15, 0.2) is 72.9 Å². The molecule has 0 spiro atoms. The topological polar surface area (TPSA) is 66.4 Å². The lowest BCUT2D eigenvalue weighted by molar-refractivity contribution is -0.142. The summed E-state index contributed by atoms with van der Waals surface area (Å²) in [5.41, 5.74) is 0. The van der Waals surface area contributed by atoms with Crippen LogP contribution in [0.1, 0.15) is 86.0 Å². The van der Waals surface area contributed by atoms with Gasteiger partial charge in [-0.2, -0.15) is 0 Å². The maximum Gasteiger partial charge on any atom is 0.326 e. The number of hydrogen-bond acceptors (Lipinski definition) is 2.